The first-order valence-electron chi connectivity index (χ1n) is 6.93. The third kappa shape index (κ3) is 3.30. The molecule has 18 heavy (non-hydrogen) atoms. The third-order valence-electron chi connectivity index (χ3n) is 3.90. The molecule has 0 amide bonds. The number of nitrogens with zero attached hydrogens (tertiary/aromatic N) is 1. The quantitative estimate of drug-likeness (QED) is 0.864. The van der Waals surface area contributed by atoms with E-state index in [1.165, 1.54) is 18.9 Å². The van der Waals surface area contributed by atoms with E-state index < -0.39 is 0 Å². The molecule has 2 atom stereocenters. The van der Waals surface area contributed by atoms with E-state index in [0.29, 0.717) is 6.04 Å². The highest BCUT2D eigenvalue weighted by molar-refractivity contribution is 5.19. The molecule has 1 fully saturated rings. The molecule has 0 saturated carbocycles. The van der Waals surface area contributed by atoms with Crippen LogP contribution in [0.3, 0.4) is 0 Å². The lowest BCUT2D eigenvalue weighted by Gasteiger charge is -2.30. The van der Waals surface area contributed by atoms with Gasteiger partial charge in [-0.05, 0) is 50.6 Å². The zero-order chi connectivity index (χ0) is 13.0. The van der Waals surface area contributed by atoms with Gasteiger partial charge in [0.05, 0.1) is 0 Å². The van der Waals surface area contributed by atoms with E-state index in [1.54, 1.807) is 12.1 Å². The van der Waals surface area contributed by atoms with Crippen molar-refractivity contribution in [2.75, 3.05) is 19.6 Å². The van der Waals surface area contributed by atoms with E-state index in [2.05, 4.69) is 24.1 Å². The second-order valence-electron chi connectivity index (χ2n) is 5.11. The first-order chi connectivity index (χ1) is 8.70. The van der Waals surface area contributed by atoms with Gasteiger partial charge < -0.3 is 5.32 Å². The van der Waals surface area contributed by atoms with Crippen LogP contribution in [0.5, 0.6) is 0 Å². The Hall–Kier alpha value is -0.930. The van der Waals surface area contributed by atoms with E-state index >= 15 is 0 Å². The van der Waals surface area contributed by atoms with E-state index in [-0.39, 0.29) is 11.9 Å². The van der Waals surface area contributed by atoms with Gasteiger partial charge in [-0.1, -0.05) is 19.1 Å². The Morgan fingerprint density at radius 3 is 2.94 bits per heavy atom. The van der Waals surface area contributed by atoms with Crippen LogP contribution in [-0.4, -0.2) is 30.6 Å². The molecule has 100 valence electrons. The van der Waals surface area contributed by atoms with Crippen LogP contribution in [0, 0.1) is 5.82 Å². The lowest BCUT2D eigenvalue weighted by atomic mass is 10.1. The highest BCUT2D eigenvalue weighted by Gasteiger charge is 2.21. The zero-order valence-corrected chi connectivity index (χ0v) is 11.3. The normalized spacial score (nSPS) is 21.4. The van der Waals surface area contributed by atoms with Gasteiger partial charge in [-0.3, -0.25) is 4.90 Å². The number of benzene rings is 1. The van der Waals surface area contributed by atoms with E-state index in [9.17, 15) is 4.39 Å². The minimum absolute atomic E-state index is 0.144. The second kappa shape index (κ2) is 6.30. The molecule has 0 radical (unpaired) electrons. The minimum atomic E-state index is -0.144. The third-order valence-corrected chi connectivity index (χ3v) is 3.90. The Labute approximate surface area is 109 Å². The number of halogens is 1. The molecule has 0 spiro atoms. The van der Waals surface area contributed by atoms with Crippen molar-refractivity contribution < 1.29 is 4.39 Å². The lowest BCUT2D eigenvalue weighted by molar-refractivity contribution is 0.202. The SMILES string of the molecule is CCN(CC1CCCN1)C(C)c1cccc(F)c1. The van der Waals surface area contributed by atoms with Crippen LogP contribution >= 0.6 is 0 Å². The van der Waals surface area contributed by atoms with Crippen molar-refractivity contribution in [3.05, 3.63) is 35.6 Å². The first kappa shape index (κ1) is 13.5. The van der Waals surface area contributed by atoms with E-state index in [1.807, 2.05) is 6.07 Å². The van der Waals surface area contributed by atoms with Crippen LogP contribution in [0.15, 0.2) is 24.3 Å². The monoisotopic (exact) mass is 250 g/mol. The van der Waals surface area contributed by atoms with Gasteiger partial charge in [-0.25, -0.2) is 4.39 Å². The van der Waals surface area contributed by atoms with Crippen molar-refractivity contribution in [3.63, 3.8) is 0 Å². The number of likely N-dealkylation sites (N-methyl/N-ethyl adjacent to an activating group) is 1. The summed E-state index contributed by atoms with van der Waals surface area (Å²) in [7, 11) is 0. The molecule has 1 saturated heterocycles. The highest BCUT2D eigenvalue weighted by Crippen LogP contribution is 2.22. The van der Waals surface area contributed by atoms with Crippen LogP contribution in [0.25, 0.3) is 0 Å². The topological polar surface area (TPSA) is 15.3 Å². The molecular formula is C15H23FN2. The maximum atomic E-state index is 13.3. The van der Waals surface area contributed by atoms with Crippen molar-refractivity contribution >= 4 is 0 Å². The summed E-state index contributed by atoms with van der Waals surface area (Å²) in [5, 5.41) is 3.52. The predicted octanol–water partition coefficient (Wildman–Crippen LogP) is 2.96. The molecule has 2 unspecified atom stereocenters. The fourth-order valence-electron chi connectivity index (χ4n) is 2.73. The molecule has 3 heteroatoms. The first-order valence-corrected chi connectivity index (χ1v) is 6.93. The molecular weight excluding hydrogens is 227 g/mol. The van der Waals surface area contributed by atoms with Gasteiger partial charge in [-0.15, -0.1) is 0 Å². The number of hydrogen-bond donors (Lipinski definition) is 1. The fourth-order valence-corrected chi connectivity index (χ4v) is 2.73. The van der Waals surface area contributed by atoms with Crippen LogP contribution in [0.2, 0.25) is 0 Å². The molecule has 0 aromatic heterocycles. The largest absolute Gasteiger partial charge is 0.313 e. The molecule has 1 aliphatic rings. The number of rotatable bonds is 5. The van der Waals surface area contributed by atoms with Crippen molar-refractivity contribution in [2.45, 2.75) is 38.8 Å². The maximum Gasteiger partial charge on any atom is 0.123 e. The molecule has 1 aromatic carbocycles. The summed E-state index contributed by atoms with van der Waals surface area (Å²) in [4.78, 5) is 2.41. The Bertz CT molecular complexity index is 375. The number of hydrogen-bond acceptors (Lipinski definition) is 2. The average Bonchev–Trinajstić information content (AvgIpc) is 2.88. The van der Waals surface area contributed by atoms with Crippen molar-refractivity contribution in [2.24, 2.45) is 0 Å². The predicted molar refractivity (Wildman–Crippen MR) is 73.1 cm³/mol. The maximum absolute atomic E-state index is 13.3. The summed E-state index contributed by atoms with van der Waals surface area (Å²) < 4.78 is 13.3. The van der Waals surface area contributed by atoms with Crippen LogP contribution in [-0.2, 0) is 0 Å². The van der Waals surface area contributed by atoms with Crippen molar-refractivity contribution in [3.8, 4) is 0 Å². The smallest absolute Gasteiger partial charge is 0.123 e. The lowest BCUT2D eigenvalue weighted by Crippen LogP contribution is -2.38. The van der Waals surface area contributed by atoms with Crippen LogP contribution in [0.1, 0.15) is 38.3 Å². The number of nitrogens with one attached hydrogen (secondary N) is 1. The van der Waals surface area contributed by atoms with Gasteiger partial charge in [0.25, 0.3) is 0 Å². The Morgan fingerprint density at radius 1 is 1.50 bits per heavy atom. The molecule has 2 rings (SSSR count). The van der Waals surface area contributed by atoms with Gasteiger partial charge in [0, 0.05) is 18.6 Å². The summed E-state index contributed by atoms with van der Waals surface area (Å²) in [6.45, 7) is 7.51. The molecule has 1 aliphatic heterocycles. The molecule has 1 N–H and O–H groups in total. The van der Waals surface area contributed by atoms with Gasteiger partial charge in [0.2, 0.25) is 0 Å². The van der Waals surface area contributed by atoms with Crippen molar-refractivity contribution in [1.82, 2.24) is 10.2 Å². The Balaban J connectivity index is 2.02. The summed E-state index contributed by atoms with van der Waals surface area (Å²) in [6, 6.07) is 7.83. The van der Waals surface area contributed by atoms with Gasteiger partial charge in [0.1, 0.15) is 5.82 Å². The van der Waals surface area contributed by atoms with Crippen LogP contribution in [0.4, 0.5) is 4.39 Å². The summed E-state index contributed by atoms with van der Waals surface area (Å²) in [5.41, 5.74) is 1.06. The van der Waals surface area contributed by atoms with E-state index in [4.69, 9.17) is 0 Å². The average molecular weight is 250 g/mol. The Morgan fingerprint density at radius 2 is 2.33 bits per heavy atom. The molecule has 1 heterocycles. The van der Waals surface area contributed by atoms with Gasteiger partial charge >= 0.3 is 0 Å². The molecule has 1 aromatic rings. The van der Waals surface area contributed by atoms with Gasteiger partial charge in [0.15, 0.2) is 0 Å². The minimum Gasteiger partial charge on any atom is -0.313 e. The summed E-state index contributed by atoms with van der Waals surface area (Å²) in [5.74, 6) is -0.144. The van der Waals surface area contributed by atoms with Crippen molar-refractivity contribution in [1.29, 1.82) is 0 Å². The molecule has 2 nitrogen and oxygen atoms in total. The fraction of sp³-hybridized carbons (Fsp3) is 0.600. The highest BCUT2D eigenvalue weighted by atomic mass is 19.1. The summed E-state index contributed by atoms with van der Waals surface area (Å²) >= 11 is 0. The van der Waals surface area contributed by atoms with E-state index in [0.717, 1.165) is 25.2 Å². The molecule has 0 bridgehead atoms. The Kier molecular flexibility index (Phi) is 4.72. The van der Waals surface area contributed by atoms with Gasteiger partial charge in [-0.2, -0.15) is 0 Å². The second-order valence-corrected chi connectivity index (χ2v) is 5.11. The van der Waals surface area contributed by atoms with Crippen LogP contribution < -0.4 is 5.32 Å². The summed E-state index contributed by atoms with van der Waals surface area (Å²) in [6.07, 6.45) is 2.53. The zero-order valence-electron chi connectivity index (χ0n) is 11.3. The molecule has 0 aliphatic carbocycles. The standard InChI is InChI=1S/C15H23FN2/c1-3-18(11-15-8-5-9-17-15)12(2)13-6-4-7-14(16)10-13/h4,6-7,10,12,15,17H,3,5,8-9,11H2,1-2H3.